The zero-order valence-electron chi connectivity index (χ0n) is 9.87. The second kappa shape index (κ2) is 4.67. The van der Waals surface area contributed by atoms with Crippen LogP contribution in [0.1, 0.15) is 11.1 Å². The van der Waals surface area contributed by atoms with Crippen molar-refractivity contribution < 1.29 is 5.11 Å². The van der Waals surface area contributed by atoms with Gasteiger partial charge in [0.15, 0.2) is 0 Å². The van der Waals surface area contributed by atoms with Crippen LogP contribution in [-0.4, -0.2) is 9.67 Å². The Morgan fingerprint density at radius 3 is 2.50 bits per heavy atom. The van der Waals surface area contributed by atoms with E-state index in [9.17, 15) is 9.90 Å². The molecule has 0 aliphatic heterocycles. The largest absolute Gasteiger partial charge is 0.494 e. The molecule has 0 bridgehead atoms. The van der Waals surface area contributed by atoms with Gasteiger partial charge in [0.2, 0.25) is 5.88 Å². The molecule has 0 amide bonds. The van der Waals surface area contributed by atoms with Gasteiger partial charge in [0.25, 0.3) is 5.56 Å². The molecule has 0 unspecified atom stereocenters. The lowest BCUT2D eigenvalue weighted by molar-refractivity contribution is 0.430. The number of rotatable bonds is 1. The smallest absolute Gasteiger partial charge is 0.258 e. The maximum Gasteiger partial charge on any atom is 0.258 e. The van der Waals surface area contributed by atoms with E-state index in [-0.39, 0.29) is 11.4 Å². The standard InChI is InChI=1S/C13H11Cl2NO2/c1-7-5-12(17)16(13(18)8(7)2)11-6-9(14)3-4-10(11)15/h3-6,18H,1-2H3. The summed E-state index contributed by atoms with van der Waals surface area (Å²) in [5, 5.41) is 10.9. The summed E-state index contributed by atoms with van der Waals surface area (Å²) < 4.78 is 1.15. The monoisotopic (exact) mass is 283 g/mol. The fraction of sp³-hybridized carbons (Fsp3) is 0.154. The Morgan fingerprint density at radius 2 is 1.83 bits per heavy atom. The number of benzene rings is 1. The molecule has 0 saturated carbocycles. The highest BCUT2D eigenvalue weighted by atomic mass is 35.5. The molecule has 1 N–H and O–H groups in total. The molecule has 0 fully saturated rings. The van der Waals surface area contributed by atoms with Crippen LogP contribution in [0.25, 0.3) is 5.69 Å². The van der Waals surface area contributed by atoms with Crippen molar-refractivity contribution in [1.29, 1.82) is 0 Å². The molecule has 0 aliphatic rings. The normalized spacial score (nSPS) is 10.7. The van der Waals surface area contributed by atoms with Gasteiger partial charge in [-0.25, -0.2) is 4.57 Å². The number of hydrogen-bond donors (Lipinski definition) is 1. The molecule has 2 rings (SSSR count). The third kappa shape index (κ3) is 2.11. The van der Waals surface area contributed by atoms with Crippen LogP contribution in [0, 0.1) is 13.8 Å². The molecule has 3 nitrogen and oxygen atoms in total. The first-order valence-corrected chi connectivity index (χ1v) is 6.05. The molecule has 0 aliphatic carbocycles. The first-order valence-electron chi connectivity index (χ1n) is 5.29. The van der Waals surface area contributed by atoms with Crippen LogP contribution in [0.2, 0.25) is 10.0 Å². The maximum atomic E-state index is 12.0. The average Bonchev–Trinajstić information content (AvgIpc) is 2.31. The number of aromatic hydroxyl groups is 1. The van der Waals surface area contributed by atoms with Crippen LogP contribution >= 0.6 is 23.2 Å². The fourth-order valence-corrected chi connectivity index (χ4v) is 2.06. The Kier molecular flexibility index (Phi) is 3.37. The molecule has 1 aromatic heterocycles. The number of halogens is 2. The van der Waals surface area contributed by atoms with Crippen molar-refractivity contribution in [2.75, 3.05) is 0 Å². The predicted molar refractivity (Wildman–Crippen MR) is 73.2 cm³/mol. The Balaban J connectivity index is 2.83. The second-order valence-corrected chi connectivity index (χ2v) is 4.89. The number of nitrogens with zero attached hydrogens (tertiary/aromatic N) is 1. The Bertz CT molecular complexity index is 677. The van der Waals surface area contributed by atoms with Crippen molar-refractivity contribution in [1.82, 2.24) is 4.57 Å². The summed E-state index contributed by atoms with van der Waals surface area (Å²) in [7, 11) is 0. The topological polar surface area (TPSA) is 42.2 Å². The second-order valence-electron chi connectivity index (χ2n) is 4.05. The van der Waals surface area contributed by atoms with Crippen LogP contribution in [0.15, 0.2) is 29.1 Å². The number of pyridine rings is 1. The molecule has 94 valence electrons. The zero-order valence-corrected chi connectivity index (χ0v) is 11.4. The summed E-state index contributed by atoms with van der Waals surface area (Å²) in [5.74, 6) is -0.121. The van der Waals surface area contributed by atoms with Crippen LogP contribution in [0.5, 0.6) is 5.88 Å². The van der Waals surface area contributed by atoms with Crippen LogP contribution < -0.4 is 5.56 Å². The maximum absolute atomic E-state index is 12.0. The predicted octanol–water partition coefficient (Wildman–Crippen LogP) is 3.47. The lowest BCUT2D eigenvalue weighted by Gasteiger charge is -2.13. The molecular formula is C13H11Cl2NO2. The molecule has 1 heterocycles. The summed E-state index contributed by atoms with van der Waals surface area (Å²) in [6.45, 7) is 3.50. The average molecular weight is 284 g/mol. The van der Waals surface area contributed by atoms with E-state index in [0.29, 0.717) is 21.3 Å². The number of aryl methyl sites for hydroxylation is 1. The lowest BCUT2D eigenvalue weighted by atomic mass is 10.1. The van der Waals surface area contributed by atoms with E-state index in [1.54, 1.807) is 32.0 Å². The highest BCUT2D eigenvalue weighted by Crippen LogP contribution is 2.28. The van der Waals surface area contributed by atoms with Crippen molar-refractivity contribution in [3.05, 3.63) is 55.8 Å². The van der Waals surface area contributed by atoms with Crippen LogP contribution in [0.4, 0.5) is 0 Å². The molecule has 5 heteroatoms. The molecule has 18 heavy (non-hydrogen) atoms. The van der Waals surface area contributed by atoms with Gasteiger partial charge < -0.3 is 5.11 Å². The fourth-order valence-electron chi connectivity index (χ4n) is 1.70. The lowest BCUT2D eigenvalue weighted by Crippen LogP contribution is -2.19. The van der Waals surface area contributed by atoms with E-state index in [1.807, 2.05) is 0 Å². The molecule has 1 aromatic carbocycles. The molecule has 0 atom stereocenters. The van der Waals surface area contributed by atoms with Gasteiger partial charge in [-0.3, -0.25) is 4.79 Å². The van der Waals surface area contributed by atoms with Crippen LogP contribution in [0.3, 0.4) is 0 Å². The van der Waals surface area contributed by atoms with E-state index in [2.05, 4.69) is 0 Å². The van der Waals surface area contributed by atoms with Gasteiger partial charge in [0, 0.05) is 16.7 Å². The third-order valence-corrected chi connectivity index (χ3v) is 3.40. The Morgan fingerprint density at radius 1 is 1.17 bits per heavy atom. The summed E-state index contributed by atoms with van der Waals surface area (Å²) in [6, 6.07) is 6.20. The minimum absolute atomic E-state index is 0.121. The van der Waals surface area contributed by atoms with Crippen LogP contribution in [-0.2, 0) is 0 Å². The van der Waals surface area contributed by atoms with Crippen molar-refractivity contribution >= 4 is 23.2 Å². The highest BCUT2D eigenvalue weighted by Gasteiger charge is 2.13. The van der Waals surface area contributed by atoms with Gasteiger partial charge in [-0.2, -0.15) is 0 Å². The van der Waals surface area contributed by atoms with E-state index >= 15 is 0 Å². The molecule has 2 aromatic rings. The van der Waals surface area contributed by atoms with Crippen molar-refractivity contribution in [2.45, 2.75) is 13.8 Å². The van der Waals surface area contributed by atoms with Crippen molar-refractivity contribution in [3.63, 3.8) is 0 Å². The zero-order chi connectivity index (χ0) is 13.4. The van der Waals surface area contributed by atoms with Gasteiger partial charge in [0.05, 0.1) is 10.7 Å². The van der Waals surface area contributed by atoms with Crippen molar-refractivity contribution in [2.24, 2.45) is 0 Å². The summed E-state index contributed by atoms with van der Waals surface area (Å²) in [5.41, 5.74) is 1.38. The van der Waals surface area contributed by atoms with Gasteiger partial charge in [-0.15, -0.1) is 0 Å². The van der Waals surface area contributed by atoms with Gasteiger partial charge >= 0.3 is 0 Å². The summed E-state index contributed by atoms with van der Waals surface area (Å²) in [6.07, 6.45) is 0. The van der Waals surface area contributed by atoms with E-state index in [0.717, 1.165) is 10.1 Å². The minimum Gasteiger partial charge on any atom is -0.494 e. The van der Waals surface area contributed by atoms with Gasteiger partial charge in [0.1, 0.15) is 0 Å². The summed E-state index contributed by atoms with van der Waals surface area (Å²) in [4.78, 5) is 12.0. The quantitative estimate of drug-likeness (QED) is 0.871. The molecule has 0 radical (unpaired) electrons. The number of hydrogen-bond acceptors (Lipinski definition) is 2. The van der Waals surface area contributed by atoms with Crippen molar-refractivity contribution in [3.8, 4) is 11.6 Å². The number of aromatic nitrogens is 1. The third-order valence-electron chi connectivity index (χ3n) is 2.85. The van der Waals surface area contributed by atoms with Gasteiger partial charge in [-0.05, 0) is 37.6 Å². The Labute approximate surface area is 114 Å². The SMILES string of the molecule is Cc1cc(=O)n(-c2cc(Cl)ccc2Cl)c(O)c1C. The minimum atomic E-state index is -0.347. The molecule has 0 spiro atoms. The molecule has 0 saturated heterocycles. The van der Waals surface area contributed by atoms with E-state index in [1.165, 1.54) is 6.07 Å². The first-order chi connectivity index (χ1) is 8.41. The Hall–Kier alpha value is -1.45. The summed E-state index contributed by atoms with van der Waals surface area (Å²) >= 11 is 11.9. The van der Waals surface area contributed by atoms with E-state index in [4.69, 9.17) is 23.2 Å². The highest BCUT2D eigenvalue weighted by molar-refractivity contribution is 6.34. The van der Waals surface area contributed by atoms with E-state index < -0.39 is 0 Å². The first kappa shape index (κ1) is 13.0. The van der Waals surface area contributed by atoms with Gasteiger partial charge in [-0.1, -0.05) is 23.2 Å². The molecular weight excluding hydrogens is 273 g/mol.